The largest absolute Gasteiger partial charge is 0.334 e. The van der Waals surface area contributed by atoms with Gasteiger partial charge >= 0.3 is 0 Å². The van der Waals surface area contributed by atoms with Crippen molar-refractivity contribution in [1.82, 2.24) is 4.90 Å². The van der Waals surface area contributed by atoms with E-state index in [-0.39, 0.29) is 24.4 Å². The summed E-state index contributed by atoms with van der Waals surface area (Å²) in [6.45, 7) is 5.75. The third-order valence-corrected chi connectivity index (χ3v) is 4.10. The van der Waals surface area contributed by atoms with Crippen LogP contribution in [0.1, 0.15) is 31.9 Å². The highest BCUT2D eigenvalue weighted by molar-refractivity contribution is 5.97. The van der Waals surface area contributed by atoms with E-state index in [4.69, 9.17) is 5.26 Å². The zero-order chi connectivity index (χ0) is 19.1. The fourth-order valence-corrected chi connectivity index (χ4v) is 2.69. The van der Waals surface area contributed by atoms with Crippen molar-refractivity contribution in [3.8, 4) is 6.07 Å². The molecule has 0 heterocycles. The zero-order valence-corrected chi connectivity index (χ0v) is 15.3. The first-order valence-electron chi connectivity index (χ1n) is 8.54. The Kier molecular flexibility index (Phi) is 6.51. The minimum atomic E-state index is -0.239. The molecule has 0 aliphatic carbocycles. The molecule has 0 fully saturated rings. The number of amides is 2. The lowest BCUT2D eigenvalue weighted by atomic mass is 10.1. The number of nitrogens with zero attached hydrogens (tertiary/aromatic N) is 3. The first-order chi connectivity index (χ1) is 12.4. The summed E-state index contributed by atoms with van der Waals surface area (Å²) in [5.41, 5.74) is 2.04. The minimum Gasteiger partial charge on any atom is -0.334 e. The molecule has 0 N–H and O–H groups in total. The van der Waals surface area contributed by atoms with Gasteiger partial charge in [-0.15, -0.1) is 0 Å². The van der Waals surface area contributed by atoms with Gasteiger partial charge in [0.25, 0.3) is 0 Å². The van der Waals surface area contributed by atoms with Gasteiger partial charge in [0.05, 0.1) is 11.6 Å². The highest BCUT2D eigenvalue weighted by Gasteiger charge is 2.22. The average Bonchev–Trinajstić information content (AvgIpc) is 2.64. The molecule has 134 valence electrons. The van der Waals surface area contributed by atoms with Crippen molar-refractivity contribution in [2.24, 2.45) is 0 Å². The summed E-state index contributed by atoms with van der Waals surface area (Å²) in [5, 5.41) is 9.06. The molecule has 2 amide bonds. The van der Waals surface area contributed by atoms with Gasteiger partial charge in [0.1, 0.15) is 6.54 Å². The molecule has 2 aromatic carbocycles. The first-order valence-corrected chi connectivity index (χ1v) is 8.54. The van der Waals surface area contributed by atoms with Crippen LogP contribution in [-0.2, 0) is 16.1 Å². The molecule has 2 rings (SSSR count). The smallest absolute Gasteiger partial charge is 0.243 e. The molecule has 0 unspecified atom stereocenters. The molecule has 0 saturated heterocycles. The SMILES string of the molecule is CC(=O)N(CC(=O)N(Cc1ccccc1)C(C)C)c1cccc(C#N)c1. The lowest BCUT2D eigenvalue weighted by Gasteiger charge is -2.30. The highest BCUT2D eigenvalue weighted by Crippen LogP contribution is 2.17. The van der Waals surface area contributed by atoms with Crippen LogP contribution in [0.5, 0.6) is 0 Å². The van der Waals surface area contributed by atoms with Crippen LogP contribution in [0.2, 0.25) is 0 Å². The predicted molar refractivity (Wildman–Crippen MR) is 101 cm³/mol. The summed E-state index contributed by atoms with van der Waals surface area (Å²) < 4.78 is 0. The van der Waals surface area contributed by atoms with Gasteiger partial charge in [-0.05, 0) is 37.6 Å². The van der Waals surface area contributed by atoms with Crippen LogP contribution >= 0.6 is 0 Å². The van der Waals surface area contributed by atoms with E-state index in [1.54, 1.807) is 29.2 Å². The first kappa shape index (κ1) is 19.2. The molecule has 0 radical (unpaired) electrons. The van der Waals surface area contributed by atoms with Gasteiger partial charge in [0.2, 0.25) is 11.8 Å². The molecule has 0 aromatic heterocycles. The average molecular weight is 349 g/mol. The van der Waals surface area contributed by atoms with Gasteiger partial charge < -0.3 is 9.80 Å². The van der Waals surface area contributed by atoms with E-state index in [1.165, 1.54) is 11.8 Å². The maximum atomic E-state index is 12.9. The number of hydrogen-bond acceptors (Lipinski definition) is 3. The Hall–Kier alpha value is -3.13. The lowest BCUT2D eigenvalue weighted by molar-refractivity contribution is -0.133. The molecule has 0 atom stereocenters. The molecule has 0 aliphatic rings. The molecule has 5 nitrogen and oxygen atoms in total. The lowest BCUT2D eigenvalue weighted by Crippen LogP contribution is -2.44. The Morgan fingerprint density at radius 3 is 2.35 bits per heavy atom. The van der Waals surface area contributed by atoms with E-state index < -0.39 is 0 Å². The van der Waals surface area contributed by atoms with Crippen molar-refractivity contribution in [3.63, 3.8) is 0 Å². The van der Waals surface area contributed by atoms with Crippen LogP contribution in [-0.4, -0.2) is 29.3 Å². The fourth-order valence-electron chi connectivity index (χ4n) is 2.69. The molecule has 2 aromatic rings. The Bertz CT molecular complexity index is 810. The van der Waals surface area contributed by atoms with Crippen LogP contribution < -0.4 is 4.90 Å². The summed E-state index contributed by atoms with van der Waals surface area (Å²) in [7, 11) is 0. The maximum Gasteiger partial charge on any atom is 0.243 e. The Balaban J connectivity index is 2.21. The van der Waals surface area contributed by atoms with Crippen LogP contribution in [0.25, 0.3) is 0 Å². The normalized spacial score (nSPS) is 10.3. The van der Waals surface area contributed by atoms with Gasteiger partial charge in [0.15, 0.2) is 0 Å². The number of carbonyl (C=O) groups is 2. The topological polar surface area (TPSA) is 64.4 Å². The summed E-state index contributed by atoms with van der Waals surface area (Å²) >= 11 is 0. The predicted octanol–water partition coefficient (Wildman–Crippen LogP) is 3.35. The van der Waals surface area contributed by atoms with E-state index in [9.17, 15) is 9.59 Å². The Morgan fingerprint density at radius 1 is 1.08 bits per heavy atom. The van der Waals surface area contributed by atoms with Gasteiger partial charge in [0, 0.05) is 25.2 Å². The molecule has 0 aliphatic heterocycles. The van der Waals surface area contributed by atoms with Crippen molar-refractivity contribution in [2.75, 3.05) is 11.4 Å². The number of anilines is 1. The molecule has 0 bridgehead atoms. The van der Waals surface area contributed by atoms with E-state index in [1.807, 2.05) is 44.2 Å². The van der Waals surface area contributed by atoms with Crippen molar-refractivity contribution in [1.29, 1.82) is 5.26 Å². The molecule has 0 spiro atoms. The van der Waals surface area contributed by atoms with E-state index >= 15 is 0 Å². The number of nitriles is 1. The molecule has 0 saturated carbocycles. The summed E-state index contributed by atoms with van der Waals surface area (Å²) in [4.78, 5) is 28.2. The van der Waals surface area contributed by atoms with Crippen LogP contribution in [0.15, 0.2) is 54.6 Å². The Morgan fingerprint density at radius 2 is 1.77 bits per heavy atom. The van der Waals surface area contributed by atoms with Crippen LogP contribution in [0.3, 0.4) is 0 Å². The van der Waals surface area contributed by atoms with Crippen molar-refractivity contribution in [3.05, 3.63) is 65.7 Å². The number of rotatable bonds is 6. The van der Waals surface area contributed by atoms with Crippen molar-refractivity contribution < 1.29 is 9.59 Å². The summed E-state index contributed by atoms with van der Waals surface area (Å²) in [6, 6.07) is 18.5. The molecular formula is C21H23N3O2. The molecule has 5 heteroatoms. The van der Waals surface area contributed by atoms with Gasteiger partial charge in [-0.1, -0.05) is 36.4 Å². The second-order valence-electron chi connectivity index (χ2n) is 6.37. The van der Waals surface area contributed by atoms with Crippen molar-refractivity contribution in [2.45, 2.75) is 33.4 Å². The number of hydrogen-bond donors (Lipinski definition) is 0. The van der Waals surface area contributed by atoms with Gasteiger partial charge in [-0.2, -0.15) is 5.26 Å². The molecule has 26 heavy (non-hydrogen) atoms. The Labute approximate surface area is 154 Å². The van der Waals surface area contributed by atoms with E-state index in [0.717, 1.165) is 5.56 Å². The molecular weight excluding hydrogens is 326 g/mol. The van der Waals surface area contributed by atoms with Gasteiger partial charge in [-0.3, -0.25) is 9.59 Å². The monoisotopic (exact) mass is 349 g/mol. The van der Waals surface area contributed by atoms with E-state index in [0.29, 0.717) is 17.8 Å². The fraction of sp³-hybridized carbons (Fsp3) is 0.286. The quantitative estimate of drug-likeness (QED) is 0.803. The number of carbonyl (C=O) groups excluding carboxylic acids is 2. The van der Waals surface area contributed by atoms with Crippen LogP contribution in [0, 0.1) is 11.3 Å². The highest BCUT2D eigenvalue weighted by atomic mass is 16.2. The number of benzene rings is 2. The summed E-state index contributed by atoms with van der Waals surface area (Å²) in [5.74, 6) is -0.377. The second-order valence-corrected chi connectivity index (χ2v) is 6.37. The van der Waals surface area contributed by atoms with Crippen molar-refractivity contribution >= 4 is 17.5 Å². The second kappa shape index (κ2) is 8.82. The maximum absolute atomic E-state index is 12.9. The van der Waals surface area contributed by atoms with Crippen LogP contribution in [0.4, 0.5) is 5.69 Å². The third-order valence-electron chi connectivity index (χ3n) is 4.10. The van der Waals surface area contributed by atoms with Gasteiger partial charge in [-0.25, -0.2) is 0 Å². The minimum absolute atomic E-state index is 0.00181. The standard InChI is InChI=1S/C21H23N3O2/c1-16(2)23(14-18-8-5-4-6-9-18)21(26)15-24(17(3)25)20-11-7-10-19(12-20)13-22/h4-12,16H,14-15H2,1-3H3. The zero-order valence-electron chi connectivity index (χ0n) is 15.3. The third kappa shape index (κ3) is 4.93. The summed E-state index contributed by atoms with van der Waals surface area (Å²) in [6.07, 6.45) is 0. The van der Waals surface area contributed by atoms with E-state index in [2.05, 4.69) is 6.07 Å².